The third-order valence-corrected chi connectivity index (χ3v) is 3.80. The Hall–Kier alpha value is -2.98. The van der Waals surface area contributed by atoms with Crippen LogP contribution in [0.25, 0.3) is 0 Å². The van der Waals surface area contributed by atoms with E-state index in [0.29, 0.717) is 26.3 Å². The van der Waals surface area contributed by atoms with Gasteiger partial charge in [-0.2, -0.15) is 0 Å². The number of aliphatic hydroxyl groups excluding tert-OH is 1. The molecule has 3 rings (SSSR count). The van der Waals surface area contributed by atoms with Gasteiger partial charge in [0.1, 0.15) is 31.3 Å². The Bertz CT molecular complexity index is 817. The molecule has 6 N–H and O–H groups in total. The number of benzene rings is 3. The average Bonchev–Trinajstić information content (AvgIpc) is 2.85. The van der Waals surface area contributed by atoms with Crippen LogP contribution in [0, 0.1) is 0 Å². The molecule has 8 heteroatoms. The van der Waals surface area contributed by atoms with E-state index in [2.05, 4.69) is 10.4 Å². The van der Waals surface area contributed by atoms with Gasteiger partial charge >= 0.3 is 0 Å². The second-order valence-electron chi connectivity index (χ2n) is 6.24. The van der Waals surface area contributed by atoms with Gasteiger partial charge in [0.15, 0.2) is 0 Å². The number of aliphatic hydroxyl groups is 1. The molecule has 0 radical (unpaired) electrons. The van der Waals surface area contributed by atoms with Crippen molar-refractivity contribution in [3.63, 3.8) is 0 Å². The van der Waals surface area contributed by atoms with Crippen LogP contribution in [0.4, 0.5) is 0 Å². The number of ether oxygens (including phenoxy) is 2. The molecule has 0 aliphatic carbocycles. The predicted molar refractivity (Wildman–Crippen MR) is 127 cm³/mol. The minimum Gasteiger partial charge on any atom is -0.491 e. The molecular weight excluding hydrogens is 412 g/mol. The highest BCUT2D eigenvalue weighted by Gasteiger charge is 1.92. The fraction of sp³-hybridized carbons (Fsp3) is 0.250. The van der Waals surface area contributed by atoms with Crippen LogP contribution in [0.15, 0.2) is 84.9 Å². The SMILES string of the molecule is NCc1cccc(CNO)c1.OCCOc1ccccc1.OOCCOc1ccccc1.[HH].[HH]. The van der Waals surface area contributed by atoms with Crippen LogP contribution < -0.4 is 20.7 Å². The molecule has 0 aliphatic rings. The zero-order valence-corrected chi connectivity index (χ0v) is 18.0. The number of para-hydroxylation sites is 2. The Morgan fingerprint density at radius 2 is 1.31 bits per heavy atom. The first kappa shape index (κ1) is 27.1. The van der Waals surface area contributed by atoms with E-state index in [0.717, 1.165) is 22.6 Å². The molecule has 178 valence electrons. The largest absolute Gasteiger partial charge is 0.491 e. The van der Waals surface area contributed by atoms with Gasteiger partial charge in [0.25, 0.3) is 0 Å². The van der Waals surface area contributed by atoms with Crippen LogP contribution in [0.5, 0.6) is 11.5 Å². The van der Waals surface area contributed by atoms with Crippen molar-refractivity contribution in [1.29, 1.82) is 0 Å². The first-order valence-electron chi connectivity index (χ1n) is 10.1. The molecule has 3 aromatic carbocycles. The smallest absolute Gasteiger partial charge is 0.119 e. The van der Waals surface area contributed by atoms with Crippen LogP contribution >= 0.6 is 0 Å². The lowest BCUT2D eigenvalue weighted by molar-refractivity contribution is -0.245. The Morgan fingerprint density at radius 1 is 0.750 bits per heavy atom. The van der Waals surface area contributed by atoms with E-state index in [1.165, 1.54) is 0 Å². The summed E-state index contributed by atoms with van der Waals surface area (Å²) < 4.78 is 10.3. The number of hydrogen-bond donors (Lipinski definition) is 5. The van der Waals surface area contributed by atoms with E-state index in [1.54, 1.807) is 0 Å². The summed E-state index contributed by atoms with van der Waals surface area (Å²) in [5.74, 6) is 1.58. The standard InChI is InChI=1S/C8H12N2O.C8H10O3.C8H10O2.2H2/c9-5-7-2-1-3-8(4-7)6-10-11;9-11-7-6-10-8-4-2-1-3-5-8;9-6-7-10-8-4-2-1-3-5-8;;/h1-4,10-11H,5-6,9H2;1-5,9H,6-7H2;1-5,9H,6-7H2;2*1H. The second-order valence-corrected chi connectivity index (χ2v) is 6.24. The molecule has 0 fully saturated rings. The third-order valence-electron chi connectivity index (χ3n) is 3.80. The van der Waals surface area contributed by atoms with E-state index < -0.39 is 0 Å². The van der Waals surface area contributed by atoms with Crippen molar-refractivity contribution in [3.05, 3.63) is 96.1 Å². The van der Waals surface area contributed by atoms with Gasteiger partial charge in [-0.3, -0.25) is 5.26 Å². The number of hydroxylamine groups is 1. The number of nitrogens with two attached hydrogens (primary N) is 1. The molecule has 0 unspecified atom stereocenters. The summed E-state index contributed by atoms with van der Waals surface area (Å²) in [7, 11) is 0. The van der Waals surface area contributed by atoms with Crippen LogP contribution in [0.2, 0.25) is 0 Å². The quantitative estimate of drug-likeness (QED) is 0.180. The van der Waals surface area contributed by atoms with E-state index in [1.807, 2.05) is 84.9 Å². The maximum Gasteiger partial charge on any atom is 0.119 e. The Kier molecular flexibility index (Phi) is 15.9. The molecule has 8 nitrogen and oxygen atoms in total. The lowest BCUT2D eigenvalue weighted by Crippen LogP contribution is -2.06. The average molecular weight is 449 g/mol. The van der Waals surface area contributed by atoms with Gasteiger partial charge < -0.3 is 25.5 Å². The van der Waals surface area contributed by atoms with Crippen LogP contribution in [0.3, 0.4) is 0 Å². The highest BCUT2D eigenvalue weighted by Crippen LogP contribution is 2.08. The van der Waals surface area contributed by atoms with Crippen molar-refractivity contribution in [2.24, 2.45) is 5.73 Å². The van der Waals surface area contributed by atoms with Gasteiger partial charge in [-0.15, -0.1) is 0 Å². The van der Waals surface area contributed by atoms with E-state index in [-0.39, 0.29) is 16.1 Å². The van der Waals surface area contributed by atoms with Gasteiger partial charge in [0, 0.05) is 15.9 Å². The molecule has 0 aromatic heterocycles. The Balaban J connectivity index is 0. The molecular formula is C24H36N2O6. The predicted octanol–water partition coefficient (Wildman–Crippen LogP) is 3.73. The normalized spacial score (nSPS) is 9.62. The Labute approximate surface area is 191 Å². The van der Waals surface area contributed by atoms with E-state index >= 15 is 0 Å². The summed E-state index contributed by atoms with van der Waals surface area (Å²) >= 11 is 0. The molecule has 0 spiro atoms. The topological polar surface area (TPSA) is 126 Å². The fourth-order valence-corrected chi connectivity index (χ4v) is 2.35. The van der Waals surface area contributed by atoms with Crippen molar-refractivity contribution in [2.75, 3.05) is 26.4 Å². The molecule has 0 saturated carbocycles. The van der Waals surface area contributed by atoms with Crippen LogP contribution in [-0.2, 0) is 18.0 Å². The van der Waals surface area contributed by atoms with Crippen molar-refractivity contribution < 1.29 is 32.8 Å². The lowest BCUT2D eigenvalue weighted by Gasteiger charge is -2.02. The first-order chi connectivity index (χ1) is 15.7. The summed E-state index contributed by atoms with van der Waals surface area (Å²) in [6.45, 7) is 1.99. The zero-order valence-electron chi connectivity index (χ0n) is 18.0. The summed E-state index contributed by atoms with van der Waals surface area (Å²) in [6, 6.07) is 26.6. The molecule has 0 atom stereocenters. The molecule has 3 aromatic rings. The maximum absolute atomic E-state index is 8.40. The van der Waals surface area contributed by atoms with Gasteiger partial charge in [-0.05, 0) is 35.4 Å². The molecule has 0 bridgehead atoms. The molecule has 0 aliphatic heterocycles. The highest BCUT2D eigenvalue weighted by atomic mass is 17.1. The lowest BCUT2D eigenvalue weighted by atomic mass is 10.1. The first-order valence-corrected chi connectivity index (χ1v) is 10.1. The number of nitrogens with one attached hydrogen (secondary N) is 1. The van der Waals surface area contributed by atoms with Crippen molar-refractivity contribution in [2.45, 2.75) is 13.1 Å². The molecule has 0 saturated heterocycles. The monoisotopic (exact) mass is 448 g/mol. The second kappa shape index (κ2) is 18.8. The summed E-state index contributed by atoms with van der Waals surface area (Å²) in [4.78, 5) is 3.84. The minimum absolute atomic E-state index is 0. The Morgan fingerprint density at radius 3 is 1.81 bits per heavy atom. The van der Waals surface area contributed by atoms with Gasteiger partial charge in [-0.25, -0.2) is 10.4 Å². The summed E-state index contributed by atoms with van der Waals surface area (Å²) in [5, 5.41) is 24.8. The van der Waals surface area contributed by atoms with E-state index in [4.69, 9.17) is 30.8 Å². The molecule has 32 heavy (non-hydrogen) atoms. The van der Waals surface area contributed by atoms with E-state index in [9.17, 15) is 0 Å². The summed E-state index contributed by atoms with van der Waals surface area (Å²) in [6.07, 6.45) is 0. The third kappa shape index (κ3) is 13.3. The van der Waals surface area contributed by atoms with Crippen LogP contribution in [0.1, 0.15) is 14.0 Å². The van der Waals surface area contributed by atoms with Crippen molar-refractivity contribution in [1.82, 2.24) is 5.48 Å². The molecule has 0 amide bonds. The van der Waals surface area contributed by atoms with Crippen LogP contribution in [-0.4, -0.2) is 42.0 Å². The maximum atomic E-state index is 8.40. The number of hydrogen-bond acceptors (Lipinski definition) is 8. The summed E-state index contributed by atoms with van der Waals surface area (Å²) in [5.41, 5.74) is 9.65. The van der Waals surface area contributed by atoms with Gasteiger partial charge in [0.2, 0.25) is 0 Å². The fourth-order valence-electron chi connectivity index (χ4n) is 2.35. The van der Waals surface area contributed by atoms with Crippen molar-refractivity contribution in [3.8, 4) is 11.5 Å². The van der Waals surface area contributed by atoms with Gasteiger partial charge in [-0.1, -0.05) is 60.7 Å². The zero-order chi connectivity index (χ0) is 23.3. The minimum atomic E-state index is 0. The highest BCUT2D eigenvalue weighted by molar-refractivity contribution is 5.23. The molecule has 0 heterocycles. The van der Waals surface area contributed by atoms with Gasteiger partial charge in [0.05, 0.1) is 6.61 Å². The number of rotatable bonds is 10. The van der Waals surface area contributed by atoms with Crippen molar-refractivity contribution >= 4 is 0 Å².